The molecule has 8 nitrogen and oxygen atoms in total. The van der Waals surface area contributed by atoms with Crippen LogP contribution in [-0.2, 0) is 6.54 Å². The molecular formula is C22H26N6O2. The van der Waals surface area contributed by atoms with E-state index in [0.717, 1.165) is 18.5 Å². The van der Waals surface area contributed by atoms with E-state index in [1.54, 1.807) is 23.1 Å². The van der Waals surface area contributed by atoms with E-state index >= 15 is 0 Å². The molecule has 0 atom stereocenters. The molecule has 0 N–H and O–H groups in total. The van der Waals surface area contributed by atoms with Gasteiger partial charge >= 0.3 is 0 Å². The van der Waals surface area contributed by atoms with Gasteiger partial charge in [-0.05, 0) is 55.2 Å². The summed E-state index contributed by atoms with van der Waals surface area (Å²) in [6, 6.07) is 12.7. The normalized spacial score (nSPS) is 14.7. The van der Waals surface area contributed by atoms with E-state index in [-0.39, 0.29) is 11.5 Å². The van der Waals surface area contributed by atoms with Gasteiger partial charge in [0.1, 0.15) is 0 Å². The van der Waals surface area contributed by atoms with Crippen LogP contribution in [-0.4, -0.2) is 57.6 Å². The van der Waals surface area contributed by atoms with Crippen LogP contribution in [0.15, 0.2) is 59.7 Å². The summed E-state index contributed by atoms with van der Waals surface area (Å²) in [6.45, 7) is 1.92. The minimum absolute atomic E-state index is 0.0646. The van der Waals surface area contributed by atoms with Crippen molar-refractivity contribution in [2.24, 2.45) is 5.92 Å². The predicted molar refractivity (Wildman–Crippen MR) is 115 cm³/mol. The van der Waals surface area contributed by atoms with Crippen molar-refractivity contribution in [1.29, 1.82) is 0 Å². The molecular weight excluding hydrogens is 380 g/mol. The molecule has 0 saturated carbocycles. The average molecular weight is 406 g/mol. The fourth-order valence-electron chi connectivity index (χ4n) is 3.74. The van der Waals surface area contributed by atoms with Crippen molar-refractivity contribution in [3.63, 3.8) is 0 Å². The largest absolute Gasteiger partial charge is 0.378 e. The molecule has 0 bridgehead atoms. The lowest BCUT2D eigenvalue weighted by Crippen LogP contribution is -2.40. The highest BCUT2D eigenvalue weighted by Gasteiger charge is 2.24. The highest BCUT2D eigenvalue weighted by Crippen LogP contribution is 2.21. The number of carbonyl (C=O) groups is 1. The summed E-state index contributed by atoms with van der Waals surface area (Å²) in [7, 11) is 3.96. The lowest BCUT2D eigenvalue weighted by atomic mass is 9.96. The van der Waals surface area contributed by atoms with Gasteiger partial charge in [-0.25, -0.2) is 9.36 Å². The van der Waals surface area contributed by atoms with Crippen LogP contribution in [0.1, 0.15) is 23.2 Å². The first-order chi connectivity index (χ1) is 14.5. The zero-order chi connectivity index (χ0) is 21.1. The highest BCUT2D eigenvalue weighted by molar-refractivity contribution is 5.94. The summed E-state index contributed by atoms with van der Waals surface area (Å²) in [5.74, 6) is 0.992. The number of piperidine rings is 1. The van der Waals surface area contributed by atoms with E-state index in [0.29, 0.717) is 36.9 Å². The maximum Gasteiger partial charge on any atom is 0.266 e. The van der Waals surface area contributed by atoms with Crippen LogP contribution in [0.2, 0.25) is 0 Å². The Kier molecular flexibility index (Phi) is 5.65. The Morgan fingerprint density at radius 2 is 1.83 bits per heavy atom. The molecule has 1 amide bonds. The molecule has 0 radical (unpaired) electrons. The van der Waals surface area contributed by atoms with Crippen LogP contribution in [0.25, 0.3) is 5.82 Å². The Labute approximate surface area is 175 Å². The van der Waals surface area contributed by atoms with Crippen molar-refractivity contribution >= 4 is 11.6 Å². The molecule has 30 heavy (non-hydrogen) atoms. The number of amides is 1. The van der Waals surface area contributed by atoms with Crippen LogP contribution >= 0.6 is 0 Å². The molecule has 1 aliphatic rings. The van der Waals surface area contributed by atoms with Crippen molar-refractivity contribution in [3.8, 4) is 5.82 Å². The smallest absolute Gasteiger partial charge is 0.266 e. The van der Waals surface area contributed by atoms with Crippen LogP contribution < -0.4 is 10.5 Å². The Morgan fingerprint density at radius 3 is 2.47 bits per heavy atom. The zero-order valence-corrected chi connectivity index (χ0v) is 17.3. The van der Waals surface area contributed by atoms with Gasteiger partial charge in [0.25, 0.3) is 11.5 Å². The molecule has 0 aliphatic carbocycles. The van der Waals surface area contributed by atoms with Crippen LogP contribution in [0, 0.1) is 5.92 Å². The summed E-state index contributed by atoms with van der Waals surface area (Å²) < 4.78 is 3.15. The third-order valence-corrected chi connectivity index (χ3v) is 5.56. The number of carbonyl (C=O) groups excluding carboxylic acids is 1. The first kappa shape index (κ1) is 19.9. The SMILES string of the molecule is CN(C)c1ccc(C(=O)N2CCC(Cn3nc(-n4cccn4)ccc3=O)CC2)cc1. The summed E-state index contributed by atoms with van der Waals surface area (Å²) >= 11 is 0. The molecule has 4 rings (SSSR count). The molecule has 156 valence electrons. The number of aromatic nitrogens is 4. The topological polar surface area (TPSA) is 76.3 Å². The second-order valence-corrected chi connectivity index (χ2v) is 7.84. The highest BCUT2D eigenvalue weighted by atomic mass is 16.2. The minimum atomic E-state index is -0.120. The third-order valence-electron chi connectivity index (χ3n) is 5.56. The van der Waals surface area contributed by atoms with Crippen molar-refractivity contribution < 1.29 is 4.79 Å². The van der Waals surface area contributed by atoms with E-state index in [2.05, 4.69) is 10.2 Å². The van der Waals surface area contributed by atoms with Crippen molar-refractivity contribution in [2.45, 2.75) is 19.4 Å². The molecule has 0 unspecified atom stereocenters. The average Bonchev–Trinajstić information content (AvgIpc) is 3.30. The molecule has 1 aliphatic heterocycles. The van der Waals surface area contributed by atoms with E-state index in [4.69, 9.17) is 0 Å². The molecule has 1 fully saturated rings. The number of rotatable bonds is 5. The molecule has 1 aromatic carbocycles. The van der Waals surface area contributed by atoms with Gasteiger partial charge in [0.05, 0.1) is 0 Å². The van der Waals surface area contributed by atoms with Gasteiger partial charge in [0.15, 0.2) is 5.82 Å². The van der Waals surface area contributed by atoms with Gasteiger partial charge in [-0.2, -0.15) is 5.10 Å². The van der Waals surface area contributed by atoms with E-state index in [1.807, 2.05) is 54.2 Å². The number of hydrogen-bond donors (Lipinski definition) is 0. The van der Waals surface area contributed by atoms with E-state index in [1.165, 1.54) is 10.7 Å². The summed E-state index contributed by atoms with van der Waals surface area (Å²) in [5, 5.41) is 8.62. The Morgan fingerprint density at radius 1 is 1.10 bits per heavy atom. The molecule has 8 heteroatoms. The minimum Gasteiger partial charge on any atom is -0.378 e. The molecule has 0 spiro atoms. The van der Waals surface area contributed by atoms with E-state index < -0.39 is 0 Å². The first-order valence-corrected chi connectivity index (χ1v) is 10.2. The van der Waals surface area contributed by atoms with Crippen molar-refractivity contribution in [1.82, 2.24) is 24.5 Å². The van der Waals surface area contributed by atoms with Gasteiger partial charge in [-0.15, -0.1) is 5.10 Å². The Hall–Kier alpha value is -3.42. The summed E-state index contributed by atoms with van der Waals surface area (Å²) in [4.78, 5) is 29.0. The fraction of sp³-hybridized carbons (Fsp3) is 0.364. The summed E-state index contributed by atoms with van der Waals surface area (Å²) in [6.07, 6.45) is 5.17. The monoisotopic (exact) mass is 406 g/mol. The number of nitrogens with zero attached hydrogens (tertiary/aromatic N) is 6. The van der Waals surface area contributed by atoms with Crippen LogP contribution in [0.5, 0.6) is 0 Å². The van der Waals surface area contributed by atoms with Gasteiger partial charge in [-0.3, -0.25) is 9.59 Å². The lowest BCUT2D eigenvalue weighted by Gasteiger charge is -2.32. The fourth-order valence-corrected chi connectivity index (χ4v) is 3.74. The van der Waals surface area contributed by atoms with Crippen LogP contribution in [0.4, 0.5) is 5.69 Å². The number of hydrogen-bond acceptors (Lipinski definition) is 5. The van der Waals surface area contributed by atoms with Gasteiger partial charge in [-0.1, -0.05) is 0 Å². The second kappa shape index (κ2) is 8.52. The lowest BCUT2D eigenvalue weighted by molar-refractivity contribution is 0.0680. The quantitative estimate of drug-likeness (QED) is 0.648. The van der Waals surface area contributed by atoms with Gasteiger partial charge < -0.3 is 9.80 Å². The van der Waals surface area contributed by atoms with Gasteiger partial charge in [0, 0.05) is 63.4 Å². The Balaban J connectivity index is 1.37. The third kappa shape index (κ3) is 4.27. The number of anilines is 1. The zero-order valence-electron chi connectivity index (χ0n) is 17.3. The number of likely N-dealkylation sites (tertiary alicyclic amines) is 1. The standard InChI is InChI=1S/C22H26N6O2/c1-25(2)19-6-4-18(5-7-19)22(30)26-14-10-17(11-15-26)16-28-21(29)9-8-20(24-28)27-13-3-12-23-27/h3-9,12-13,17H,10-11,14-16H2,1-2H3. The van der Waals surface area contributed by atoms with Crippen LogP contribution in [0.3, 0.4) is 0 Å². The Bertz CT molecular complexity index is 1050. The molecule has 1 saturated heterocycles. The molecule has 3 heterocycles. The maximum absolute atomic E-state index is 12.8. The molecule has 3 aromatic rings. The first-order valence-electron chi connectivity index (χ1n) is 10.2. The predicted octanol–water partition coefficient (Wildman–Crippen LogP) is 2.05. The number of benzene rings is 1. The second-order valence-electron chi connectivity index (χ2n) is 7.84. The van der Waals surface area contributed by atoms with Gasteiger partial charge in [0.2, 0.25) is 0 Å². The van der Waals surface area contributed by atoms with E-state index in [9.17, 15) is 9.59 Å². The maximum atomic E-state index is 12.8. The summed E-state index contributed by atoms with van der Waals surface area (Å²) in [5.41, 5.74) is 1.66. The van der Waals surface area contributed by atoms with Crippen molar-refractivity contribution in [3.05, 3.63) is 70.8 Å². The molecule has 2 aromatic heterocycles. The van der Waals surface area contributed by atoms with Crippen molar-refractivity contribution in [2.75, 3.05) is 32.1 Å².